The van der Waals surface area contributed by atoms with Crippen LogP contribution < -0.4 is 5.73 Å². The Bertz CT molecular complexity index is 125. The summed E-state index contributed by atoms with van der Waals surface area (Å²) < 4.78 is 0. The summed E-state index contributed by atoms with van der Waals surface area (Å²) in [7, 11) is 0. The van der Waals surface area contributed by atoms with Gasteiger partial charge in [-0.2, -0.15) is 0 Å². The zero-order valence-corrected chi connectivity index (χ0v) is 5.51. The van der Waals surface area contributed by atoms with Crippen molar-refractivity contribution in [3.8, 4) is 0 Å². The molecule has 0 heterocycles. The van der Waals surface area contributed by atoms with Gasteiger partial charge in [0.25, 0.3) is 0 Å². The van der Waals surface area contributed by atoms with Crippen LogP contribution in [0.3, 0.4) is 0 Å². The lowest BCUT2D eigenvalue weighted by Gasteiger charge is -1.99. The largest absolute Gasteiger partial charge is 0.330 e. The van der Waals surface area contributed by atoms with Crippen LogP contribution in [0.25, 0.3) is 4.85 Å². The van der Waals surface area contributed by atoms with E-state index in [-0.39, 0.29) is 0 Å². The van der Waals surface area contributed by atoms with Crippen LogP contribution in [0.1, 0.15) is 19.3 Å². The van der Waals surface area contributed by atoms with Crippen LogP contribution in [0.5, 0.6) is 0 Å². The van der Waals surface area contributed by atoms with E-state index >= 15 is 0 Å². The van der Waals surface area contributed by atoms with E-state index in [0.717, 1.165) is 19.4 Å². The van der Waals surface area contributed by atoms with E-state index < -0.39 is 0 Å². The van der Waals surface area contributed by atoms with Gasteiger partial charge < -0.3 is 10.6 Å². The molecule has 50 valence electrons. The molecule has 0 spiro atoms. The highest BCUT2D eigenvalue weighted by Crippen LogP contribution is 2.26. The minimum atomic E-state index is 0.290. The third-order valence-corrected chi connectivity index (χ3v) is 2.03. The molecule has 0 aromatic carbocycles. The topological polar surface area (TPSA) is 30.4 Å². The quantitative estimate of drug-likeness (QED) is 0.520. The smallest absolute Gasteiger partial charge is 0.224 e. The van der Waals surface area contributed by atoms with Crippen molar-refractivity contribution in [2.75, 3.05) is 6.54 Å². The molecule has 1 fully saturated rings. The Balaban J connectivity index is 2.31. The first-order valence-corrected chi connectivity index (χ1v) is 3.43. The van der Waals surface area contributed by atoms with E-state index in [1.54, 1.807) is 0 Å². The highest BCUT2D eigenvalue weighted by atomic mass is 14.7. The molecule has 1 aliphatic carbocycles. The predicted molar refractivity (Wildman–Crippen MR) is 36.8 cm³/mol. The second-order valence-electron chi connectivity index (χ2n) is 2.70. The molecule has 1 aliphatic rings. The SMILES string of the molecule is [C-]#[N+][C@@H]1CC[C@@H](CN)C1. The van der Waals surface area contributed by atoms with Crippen LogP contribution in [0.2, 0.25) is 0 Å². The first-order valence-electron chi connectivity index (χ1n) is 3.43. The fourth-order valence-electron chi connectivity index (χ4n) is 1.38. The highest BCUT2D eigenvalue weighted by Gasteiger charge is 2.26. The number of rotatable bonds is 1. The van der Waals surface area contributed by atoms with Crippen molar-refractivity contribution < 1.29 is 0 Å². The molecule has 1 rings (SSSR count). The lowest BCUT2D eigenvalue weighted by molar-refractivity contribution is 0.559. The van der Waals surface area contributed by atoms with Gasteiger partial charge in [-0.1, -0.05) is 0 Å². The molecule has 0 radical (unpaired) electrons. The Labute approximate surface area is 55.9 Å². The molecular formula is C7H12N2. The van der Waals surface area contributed by atoms with Gasteiger partial charge in [0.15, 0.2) is 0 Å². The standard InChI is InChI=1S/C7H12N2/c1-9-7-3-2-6(4-7)5-8/h6-7H,2-5,8H2/t6-,7-/m1/s1. The average molecular weight is 124 g/mol. The fraction of sp³-hybridized carbons (Fsp3) is 0.857. The highest BCUT2D eigenvalue weighted by molar-refractivity contribution is 4.88. The summed E-state index contributed by atoms with van der Waals surface area (Å²) in [5, 5.41) is 0. The first-order chi connectivity index (χ1) is 4.36. The van der Waals surface area contributed by atoms with Crippen molar-refractivity contribution >= 4 is 0 Å². The van der Waals surface area contributed by atoms with Crippen molar-refractivity contribution in [3.63, 3.8) is 0 Å². The van der Waals surface area contributed by atoms with Crippen molar-refractivity contribution in [2.45, 2.75) is 25.3 Å². The molecule has 0 aromatic rings. The summed E-state index contributed by atoms with van der Waals surface area (Å²) in [6.07, 6.45) is 3.29. The van der Waals surface area contributed by atoms with Crippen molar-refractivity contribution in [2.24, 2.45) is 11.7 Å². The third-order valence-electron chi connectivity index (χ3n) is 2.03. The second kappa shape index (κ2) is 2.84. The van der Waals surface area contributed by atoms with E-state index in [4.69, 9.17) is 12.3 Å². The molecule has 0 amide bonds. The minimum absolute atomic E-state index is 0.290. The molecule has 2 N–H and O–H groups in total. The van der Waals surface area contributed by atoms with Gasteiger partial charge in [0.2, 0.25) is 6.04 Å². The van der Waals surface area contributed by atoms with E-state index in [2.05, 4.69) is 4.85 Å². The Kier molecular flexibility index (Phi) is 2.07. The molecule has 9 heavy (non-hydrogen) atoms. The number of hydrogen-bond acceptors (Lipinski definition) is 1. The number of nitrogens with zero attached hydrogens (tertiary/aromatic N) is 1. The average Bonchev–Trinajstić information content (AvgIpc) is 2.34. The Morgan fingerprint density at radius 1 is 1.56 bits per heavy atom. The van der Waals surface area contributed by atoms with Gasteiger partial charge in [0.05, 0.1) is 0 Å². The summed E-state index contributed by atoms with van der Waals surface area (Å²) in [6, 6.07) is 0.290. The Morgan fingerprint density at radius 2 is 2.33 bits per heavy atom. The van der Waals surface area contributed by atoms with Crippen LogP contribution in [0.15, 0.2) is 0 Å². The minimum Gasteiger partial charge on any atom is -0.330 e. The van der Waals surface area contributed by atoms with Crippen LogP contribution in [-0.4, -0.2) is 12.6 Å². The fourth-order valence-corrected chi connectivity index (χ4v) is 1.38. The summed E-state index contributed by atoms with van der Waals surface area (Å²) in [6.45, 7) is 7.52. The number of nitrogens with two attached hydrogens (primary N) is 1. The first kappa shape index (κ1) is 6.57. The van der Waals surface area contributed by atoms with Gasteiger partial charge in [-0.05, 0) is 18.9 Å². The van der Waals surface area contributed by atoms with Gasteiger partial charge in [0, 0.05) is 12.8 Å². The van der Waals surface area contributed by atoms with Crippen LogP contribution >= 0.6 is 0 Å². The summed E-state index contributed by atoms with van der Waals surface area (Å²) in [4.78, 5) is 3.48. The molecule has 0 aliphatic heterocycles. The lowest BCUT2D eigenvalue weighted by Crippen LogP contribution is -2.10. The molecule has 2 heteroatoms. The maximum absolute atomic E-state index is 6.75. The molecule has 0 bridgehead atoms. The molecule has 2 nitrogen and oxygen atoms in total. The van der Waals surface area contributed by atoms with Gasteiger partial charge in [-0.15, -0.1) is 0 Å². The molecular weight excluding hydrogens is 112 g/mol. The van der Waals surface area contributed by atoms with Gasteiger partial charge in [-0.3, -0.25) is 0 Å². The Morgan fingerprint density at radius 3 is 2.67 bits per heavy atom. The molecule has 1 saturated carbocycles. The van der Waals surface area contributed by atoms with Crippen LogP contribution in [-0.2, 0) is 0 Å². The maximum Gasteiger partial charge on any atom is 0.224 e. The third kappa shape index (κ3) is 1.43. The van der Waals surface area contributed by atoms with Crippen molar-refractivity contribution in [3.05, 3.63) is 11.4 Å². The summed E-state index contributed by atoms with van der Waals surface area (Å²) in [5.74, 6) is 0.643. The van der Waals surface area contributed by atoms with E-state index in [9.17, 15) is 0 Å². The van der Waals surface area contributed by atoms with Gasteiger partial charge in [-0.25, -0.2) is 6.57 Å². The molecule has 0 saturated heterocycles. The second-order valence-corrected chi connectivity index (χ2v) is 2.70. The van der Waals surface area contributed by atoms with E-state index in [1.807, 2.05) is 0 Å². The maximum atomic E-state index is 6.75. The summed E-state index contributed by atoms with van der Waals surface area (Å²) >= 11 is 0. The number of hydrogen-bond donors (Lipinski definition) is 1. The summed E-state index contributed by atoms with van der Waals surface area (Å²) in [5.41, 5.74) is 5.45. The predicted octanol–water partition coefficient (Wildman–Crippen LogP) is 1.03. The monoisotopic (exact) mass is 124 g/mol. The normalized spacial score (nSPS) is 34.2. The Hall–Kier alpha value is -0.550. The zero-order chi connectivity index (χ0) is 6.69. The molecule has 0 unspecified atom stereocenters. The van der Waals surface area contributed by atoms with E-state index in [0.29, 0.717) is 12.0 Å². The van der Waals surface area contributed by atoms with Crippen LogP contribution in [0.4, 0.5) is 0 Å². The molecule has 2 atom stereocenters. The van der Waals surface area contributed by atoms with Gasteiger partial charge >= 0.3 is 0 Å². The molecule has 0 aromatic heterocycles. The van der Waals surface area contributed by atoms with Crippen molar-refractivity contribution in [1.82, 2.24) is 0 Å². The lowest BCUT2D eigenvalue weighted by atomic mass is 10.1. The van der Waals surface area contributed by atoms with E-state index in [1.165, 1.54) is 6.42 Å². The van der Waals surface area contributed by atoms with Crippen LogP contribution in [0, 0.1) is 12.5 Å². The zero-order valence-electron chi connectivity index (χ0n) is 5.51. The van der Waals surface area contributed by atoms with Crippen molar-refractivity contribution in [1.29, 1.82) is 0 Å². The van der Waals surface area contributed by atoms with Gasteiger partial charge in [0.1, 0.15) is 0 Å².